The molecule has 0 spiro atoms. The van der Waals surface area contributed by atoms with Gasteiger partial charge in [-0.25, -0.2) is 0 Å². The van der Waals surface area contributed by atoms with Crippen LogP contribution in [0.2, 0.25) is 10.0 Å². The lowest BCUT2D eigenvalue weighted by Gasteiger charge is -2.26. The van der Waals surface area contributed by atoms with Gasteiger partial charge in [0.05, 0.1) is 10.0 Å². The summed E-state index contributed by atoms with van der Waals surface area (Å²) in [5.41, 5.74) is 1.09. The Balaban J connectivity index is 2.01. The molecule has 0 saturated carbocycles. The second-order valence-corrected chi connectivity index (χ2v) is 8.11. The van der Waals surface area contributed by atoms with Crippen LogP contribution < -0.4 is 10.1 Å². The van der Waals surface area contributed by atoms with Gasteiger partial charge >= 0.3 is 0 Å². The smallest absolute Gasteiger partial charge is 0.259 e. The summed E-state index contributed by atoms with van der Waals surface area (Å²) in [5.74, 6) is 0.0855. The lowest BCUT2D eigenvalue weighted by atomic mass is 9.84. The average molecular weight is 423 g/mol. The number of nitrogens with one attached hydrogen (secondary N) is 1. The molecule has 0 radical (unpaired) electrons. The van der Waals surface area contributed by atoms with E-state index in [1.807, 2.05) is 26.0 Å². The molecule has 0 bridgehead atoms. The number of hydrogen-bond donors (Lipinski definition) is 1. The first kappa shape index (κ1) is 22.1. The molecule has 0 aliphatic heterocycles. The van der Waals surface area contributed by atoms with Gasteiger partial charge in [-0.3, -0.25) is 9.59 Å². The summed E-state index contributed by atoms with van der Waals surface area (Å²) >= 11 is 12.1. The van der Waals surface area contributed by atoms with Crippen LogP contribution in [0.3, 0.4) is 0 Å². The van der Waals surface area contributed by atoms with Crippen LogP contribution in [0.5, 0.6) is 5.75 Å². The molecule has 0 aliphatic rings. The summed E-state index contributed by atoms with van der Waals surface area (Å²) in [6.07, 6.45) is 0. The molecule has 5 nitrogen and oxygen atoms in total. The highest BCUT2D eigenvalue weighted by Crippen LogP contribution is 2.29. The van der Waals surface area contributed by atoms with Gasteiger partial charge in [-0.05, 0) is 35.9 Å². The quantitative estimate of drug-likeness (QED) is 0.728. The predicted octanol–water partition coefficient (Wildman–Crippen LogP) is 4.17. The molecule has 2 rings (SSSR count). The number of halogens is 2. The van der Waals surface area contributed by atoms with Crippen molar-refractivity contribution in [2.24, 2.45) is 0 Å². The van der Waals surface area contributed by atoms with Crippen molar-refractivity contribution in [3.63, 3.8) is 0 Å². The molecule has 150 valence electrons. The van der Waals surface area contributed by atoms with Crippen LogP contribution in [-0.2, 0) is 10.2 Å². The fourth-order valence-electron chi connectivity index (χ4n) is 2.42. The number of likely N-dealkylation sites (N-methyl/N-ethyl adjacent to an activating group) is 1. The Morgan fingerprint density at radius 1 is 1.07 bits per heavy atom. The summed E-state index contributed by atoms with van der Waals surface area (Å²) in [4.78, 5) is 25.6. The minimum atomic E-state index is -0.337. The molecule has 28 heavy (non-hydrogen) atoms. The van der Waals surface area contributed by atoms with Crippen molar-refractivity contribution in [2.45, 2.75) is 19.3 Å². The Morgan fingerprint density at radius 2 is 1.79 bits per heavy atom. The maximum atomic E-state index is 12.6. The van der Waals surface area contributed by atoms with Gasteiger partial charge in [0.15, 0.2) is 6.61 Å². The summed E-state index contributed by atoms with van der Waals surface area (Å²) in [6, 6.07) is 12.2. The summed E-state index contributed by atoms with van der Waals surface area (Å²) in [5, 5.41) is 3.91. The second kappa shape index (κ2) is 9.30. The monoisotopic (exact) mass is 422 g/mol. The SMILES string of the molecule is CN(C)C(=O)COc1cccc(C(=O)NCC(C)(C)c2ccc(Cl)c(Cl)c2)c1. The van der Waals surface area contributed by atoms with Crippen molar-refractivity contribution in [3.8, 4) is 5.75 Å². The fraction of sp³-hybridized carbons (Fsp3) is 0.333. The first-order valence-corrected chi connectivity index (χ1v) is 9.52. The number of amides is 2. The normalized spacial score (nSPS) is 11.1. The lowest BCUT2D eigenvalue weighted by Crippen LogP contribution is -2.36. The van der Waals surface area contributed by atoms with E-state index in [2.05, 4.69) is 5.32 Å². The van der Waals surface area contributed by atoms with Crippen LogP contribution in [0, 0.1) is 0 Å². The molecule has 0 unspecified atom stereocenters. The molecular weight excluding hydrogens is 399 g/mol. The number of carbonyl (C=O) groups is 2. The zero-order chi connectivity index (χ0) is 20.9. The molecule has 0 fully saturated rings. The van der Waals surface area contributed by atoms with Crippen LogP contribution in [0.4, 0.5) is 0 Å². The van der Waals surface area contributed by atoms with E-state index in [0.717, 1.165) is 5.56 Å². The van der Waals surface area contributed by atoms with Gasteiger partial charge in [-0.2, -0.15) is 0 Å². The van der Waals surface area contributed by atoms with Crippen molar-refractivity contribution in [1.29, 1.82) is 0 Å². The highest BCUT2D eigenvalue weighted by atomic mass is 35.5. The van der Waals surface area contributed by atoms with Gasteiger partial charge in [0.2, 0.25) is 0 Å². The van der Waals surface area contributed by atoms with Gasteiger partial charge in [0.1, 0.15) is 5.75 Å². The summed E-state index contributed by atoms with van der Waals surface area (Å²) in [6.45, 7) is 4.36. The number of rotatable bonds is 7. The molecule has 0 heterocycles. The van der Waals surface area contributed by atoms with E-state index in [1.54, 1.807) is 44.4 Å². The maximum Gasteiger partial charge on any atom is 0.259 e. The van der Waals surface area contributed by atoms with Gasteiger partial charge in [0.25, 0.3) is 11.8 Å². The third kappa shape index (κ3) is 5.88. The van der Waals surface area contributed by atoms with E-state index < -0.39 is 0 Å². The van der Waals surface area contributed by atoms with Crippen LogP contribution in [0.15, 0.2) is 42.5 Å². The van der Waals surface area contributed by atoms with E-state index in [0.29, 0.717) is 27.9 Å². The molecule has 2 aromatic rings. The standard InChI is InChI=1S/C21H24Cl2N2O3/c1-21(2,15-8-9-17(22)18(23)11-15)13-24-20(27)14-6-5-7-16(10-14)28-12-19(26)25(3)4/h5-11H,12-13H2,1-4H3,(H,24,27). The van der Waals surface area contributed by atoms with Crippen molar-refractivity contribution in [2.75, 3.05) is 27.2 Å². The maximum absolute atomic E-state index is 12.6. The minimum Gasteiger partial charge on any atom is -0.484 e. The van der Waals surface area contributed by atoms with Crippen molar-refractivity contribution >= 4 is 35.0 Å². The van der Waals surface area contributed by atoms with Crippen molar-refractivity contribution < 1.29 is 14.3 Å². The van der Waals surface area contributed by atoms with E-state index >= 15 is 0 Å². The predicted molar refractivity (Wildman–Crippen MR) is 112 cm³/mol. The topological polar surface area (TPSA) is 58.6 Å². The average Bonchev–Trinajstić information content (AvgIpc) is 2.66. The van der Waals surface area contributed by atoms with E-state index in [9.17, 15) is 9.59 Å². The minimum absolute atomic E-state index is 0.0809. The highest BCUT2D eigenvalue weighted by Gasteiger charge is 2.22. The molecular formula is C21H24Cl2N2O3. The van der Waals surface area contributed by atoms with Gasteiger partial charge in [-0.1, -0.05) is 49.2 Å². The molecule has 7 heteroatoms. The number of ether oxygens (including phenoxy) is 1. The number of benzene rings is 2. The fourth-order valence-corrected chi connectivity index (χ4v) is 2.72. The van der Waals surface area contributed by atoms with Gasteiger partial charge in [-0.15, -0.1) is 0 Å². The third-order valence-corrected chi connectivity index (χ3v) is 5.09. The van der Waals surface area contributed by atoms with E-state index in [4.69, 9.17) is 27.9 Å². The molecule has 0 aliphatic carbocycles. The Hall–Kier alpha value is -2.24. The number of hydrogen-bond acceptors (Lipinski definition) is 3. The Morgan fingerprint density at radius 3 is 2.43 bits per heavy atom. The van der Waals surface area contributed by atoms with Crippen LogP contribution in [0.1, 0.15) is 29.8 Å². The Kier molecular flexibility index (Phi) is 7.33. The Labute approximate surface area is 175 Å². The van der Waals surface area contributed by atoms with E-state index in [1.165, 1.54) is 4.90 Å². The van der Waals surface area contributed by atoms with Crippen molar-refractivity contribution in [3.05, 3.63) is 63.6 Å². The third-order valence-electron chi connectivity index (χ3n) is 4.35. The van der Waals surface area contributed by atoms with Crippen LogP contribution in [0.25, 0.3) is 0 Å². The second-order valence-electron chi connectivity index (χ2n) is 7.30. The largest absolute Gasteiger partial charge is 0.484 e. The molecule has 1 N–H and O–H groups in total. The van der Waals surface area contributed by atoms with Gasteiger partial charge < -0.3 is 15.0 Å². The molecule has 0 saturated heterocycles. The molecule has 2 amide bonds. The Bertz CT molecular complexity index is 866. The molecule has 0 aromatic heterocycles. The summed E-state index contributed by atoms with van der Waals surface area (Å²) < 4.78 is 5.46. The number of carbonyl (C=O) groups excluding carboxylic acids is 2. The number of nitrogens with zero attached hydrogens (tertiary/aromatic N) is 1. The zero-order valence-electron chi connectivity index (χ0n) is 16.4. The zero-order valence-corrected chi connectivity index (χ0v) is 17.9. The van der Waals surface area contributed by atoms with Crippen LogP contribution in [-0.4, -0.2) is 44.0 Å². The first-order valence-electron chi connectivity index (χ1n) is 8.77. The lowest BCUT2D eigenvalue weighted by molar-refractivity contribution is -0.130. The molecule has 2 aromatic carbocycles. The van der Waals surface area contributed by atoms with E-state index in [-0.39, 0.29) is 23.8 Å². The van der Waals surface area contributed by atoms with Crippen molar-refractivity contribution in [1.82, 2.24) is 10.2 Å². The highest BCUT2D eigenvalue weighted by molar-refractivity contribution is 6.42. The van der Waals surface area contributed by atoms with Gasteiger partial charge in [0, 0.05) is 31.6 Å². The first-order chi connectivity index (χ1) is 13.1. The summed E-state index contributed by atoms with van der Waals surface area (Å²) in [7, 11) is 3.32. The molecule has 0 atom stereocenters. The van der Waals surface area contributed by atoms with Crippen LogP contribution >= 0.6 is 23.2 Å².